The smallest absolute Gasteiger partial charge is 0.253 e. The van der Waals surface area contributed by atoms with Crippen molar-refractivity contribution in [2.24, 2.45) is 0 Å². The molecule has 2 heterocycles. The minimum absolute atomic E-state index is 0.0555. The molecular weight excluding hydrogens is 460 g/mol. The van der Waals surface area contributed by atoms with Gasteiger partial charge in [0.15, 0.2) is 0 Å². The molecule has 1 aliphatic rings. The third-order valence-corrected chi connectivity index (χ3v) is 7.25. The van der Waals surface area contributed by atoms with E-state index in [-0.39, 0.29) is 17.9 Å². The summed E-state index contributed by atoms with van der Waals surface area (Å²) in [7, 11) is 1.73. The minimum Gasteiger partial charge on any atom is -0.389 e. The lowest BCUT2D eigenvalue weighted by Gasteiger charge is -2.29. The summed E-state index contributed by atoms with van der Waals surface area (Å²) >= 11 is 1.52. The van der Waals surface area contributed by atoms with Crippen LogP contribution in [0.15, 0.2) is 60.0 Å². The average Bonchev–Trinajstić information content (AvgIpc) is 3.55. The van der Waals surface area contributed by atoms with Gasteiger partial charge in [0.1, 0.15) is 5.01 Å². The number of amides is 2. The summed E-state index contributed by atoms with van der Waals surface area (Å²) in [4.78, 5) is 32.2. The number of aromatic nitrogens is 1. The number of hydrogen-bond donors (Lipinski definition) is 3. The number of nitrogens with one attached hydrogen (secondary N) is 2. The van der Waals surface area contributed by atoms with Crippen LogP contribution in [-0.2, 0) is 13.0 Å². The fraction of sp³-hybridized carbons (Fsp3) is 0.370. The highest BCUT2D eigenvalue weighted by Gasteiger charge is 2.31. The molecule has 1 aliphatic heterocycles. The number of thiazole rings is 1. The topological polar surface area (TPSA) is 94.6 Å². The summed E-state index contributed by atoms with van der Waals surface area (Å²) in [5.41, 5.74) is 2.80. The van der Waals surface area contributed by atoms with E-state index in [4.69, 9.17) is 0 Å². The van der Waals surface area contributed by atoms with Crippen LogP contribution < -0.4 is 10.6 Å². The van der Waals surface area contributed by atoms with Gasteiger partial charge in [0.2, 0.25) is 0 Å². The van der Waals surface area contributed by atoms with Gasteiger partial charge in [0, 0.05) is 35.3 Å². The molecule has 4 rings (SSSR count). The molecule has 1 unspecified atom stereocenters. The van der Waals surface area contributed by atoms with Gasteiger partial charge in [-0.15, -0.1) is 11.3 Å². The van der Waals surface area contributed by atoms with Crippen molar-refractivity contribution >= 4 is 23.2 Å². The SMILES string of the molecule is Cc1csc(CN(C)C(=O)c2cccc(C(=O)N[C@@H](Cc3ccccc3)[C@H](O)C3CCCN3)c2)n1. The van der Waals surface area contributed by atoms with Gasteiger partial charge in [-0.05, 0) is 56.5 Å². The van der Waals surface area contributed by atoms with Crippen LogP contribution in [0.5, 0.6) is 0 Å². The van der Waals surface area contributed by atoms with Crippen LogP contribution in [-0.4, -0.2) is 58.6 Å². The quantitative estimate of drug-likeness (QED) is 0.427. The molecule has 0 aliphatic carbocycles. The largest absolute Gasteiger partial charge is 0.389 e. The van der Waals surface area contributed by atoms with Gasteiger partial charge >= 0.3 is 0 Å². The molecule has 35 heavy (non-hydrogen) atoms. The van der Waals surface area contributed by atoms with Gasteiger partial charge in [-0.3, -0.25) is 9.59 Å². The fourth-order valence-corrected chi connectivity index (χ4v) is 5.25. The predicted molar refractivity (Wildman–Crippen MR) is 138 cm³/mol. The highest BCUT2D eigenvalue weighted by atomic mass is 32.1. The number of nitrogens with zero attached hydrogens (tertiary/aromatic N) is 2. The molecular formula is C27H32N4O3S. The van der Waals surface area contributed by atoms with Gasteiger partial charge in [0.05, 0.1) is 18.7 Å². The first-order valence-electron chi connectivity index (χ1n) is 11.9. The van der Waals surface area contributed by atoms with Gasteiger partial charge in [0.25, 0.3) is 11.8 Å². The lowest BCUT2D eigenvalue weighted by atomic mass is 9.95. The zero-order chi connectivity index (χ0) is 24.8. The number of rotatable bonds is 9. The van der Waals surface area contributed by atoms with E-state index in [0.717, 1.165) is 35.7 Å². The Labute approximate surface area is 210 Å². The molecule has 8 heteroatoms. The first kappa shape index (κ1) is 25.0. The van der Waals surface area contributed by atoms with E-state index in [9.17, 15) is 14.7 Å². The number of benzene rings is 2. The molecule has 3 N–H and O–H groups in total. The molecule has 0 bridgehead atoms. The predicted octanol–water partition coefficient (Wildman–Crippen LogP) is 3.18. The Morgan fingerprint density at radius 2 is 1.97 bits per heavy atom. The third-order valence-electron chi connectivity index (χ3n) is 6.30. The van der Waals surface area contributed by atoms with Crippen molar-refractivity contribution in [2.75, 3.05) is 13.6 Å². The lowest BCUT2D eigenvalue weighted by molar-refractivity contribution is 0.0737. The molecule has 2 aromatic carbocycles. The van der Waals surface area contributed by atoms with E-state index in [2.05, 4.69) is 15.6 Å². The van der Waals surface area contributed by atoms with E-state index in [0.29, 0.717) is 24.1 Å². The maximum Gasteiger partial charge on any atom is 0.253 e. The Morgan fingerprint density at radius 3 is 2.66 bits per heavy atom. The maximum atomic E-state index is 13.2. The van der Waals surface area contributed by atoms with Crippen LogP contribution in [0.2, 0.25) is 0 Å². The van der Waals surface area contributed by atoms with Gasteiger partial charge < -0.3 is 20.6 Å². The molecule has 3 aromatic rings. The van der Waals surface area contributed by atoms with Gasteiger partial charge in [-0.1, -0.05) is 36.4 Å². The van der Waals surface area contributed by atoms with Crippen molar-refractivity contribution in [3.05, 3.63) is 87.4 Å². The second-order valence-corrected chi connectivity index (χ2v) is 10.0. The van der Waals surface area contributed by atoms with Crippen LogP contribution in [0.3, 0.4) is 0 Å². The summed E-state index contributed by atoms with van der Waals surface area (Å²) in [5.74, 6) is -0.487. The highest BCUT2D eigenvalue weighted by molar-refractivity contribution is 7.09. The standard InChI is InChI=1S/C27H32N4O3S/c1-18-17-35-24(29-18)16-31(2)27(34)21-11-6-10-20(15-21)26(33)30-23(14-19-8-4-3-5-9-19)25(32)22-12-7-13-28-22/h3-6,8-11,15,17,22-23,25,28,32H,7,12-14,16H2,1-2H3,(H,30,33)/t22?,23-,25+/m0/s1. The van der Waals surface area contributed by atoms with E-state index in [1.165, 1.54) is 11.3 Å². The van der Waals surface area contributed by atoms with Gasteiger partial charge in [-0.2, -0.15) is 0 Å². The van der Waals surface area contributed by atoms with Crippen molar-refractivity contribution < 1.29 is 14.7 Å². The second-order valence-electron chi connectivity index (χ2n) is 9.09. The summed E-state index contributed by atoms with van der Waals surface area (Å²) < 4.78 is 0. The molecule has 0 spiro atoms. The first-order valence-corrected chi connectivity index (χ1v) is 12.8. The zero-order valence-corrected chi connectivity index (χ0v) is 20.9. The lowest BCUT2D eigenvalue weighted by Crippen LogP contribution is -2.52. The highest BCUT2D eigenvalue weighted by Crippen LogP contribution is 2.17. The Bertz CT molecular complexity index is 1140. The number of aliphatic hydroxyl groups excluding tert-OH is 1. The monoisotopic (exact) mass is 492 g/mol. The molecule has 7 nitrogen and oxygen atoms in total. The molecule has 3 atom stereocenters. The third kappa shape index (κ3) is 6.54. The van der Waals surface area contributed by atoms with Crippen molar-refractivity contribution in [2.45, 2.75) is 50.9 Å². The number of aryl methyl sites for hydroxylation is 1. The molecule has 0 radical (unpaired) electrons. The van der Waals surface area contributed by atoms with E-state index in [1.54, 1.807) is 36.2 Å². The van der Waals surface area contributed by atoms with Crippen molar-refractivity contribution in [1.82, 2.24) is 20.5 Å². The summed E-state index contributed by atoms with van der Waals surface area (Å²) in [6.45, 7) is 3.20. The van der Waals surface area contributed by atoms with Crippen molar-refractivity contribution in [3.63, 3.8) is 0 Å². The van der Waals surface area contributed by atoms with Gasteiger partial charge in [-0.25, -0.2) is 4.98 Å². The number of aliphatic hydroxyl groups is 1. The molecule has 1 saturated heterocycles. The number of hydrogen-bond acceptors (Lipinski definition) is 6. The number of carbonyl (C=O) groups is 2. The van der Waals surface area contributed by atoms with E-state index >= 15 is 0 Å². The molecule has 1 aromatic heterocycles. The van der Waals surface area contributed by atoms with E-state index < -0.39 is 12.1 Å². The first-order chi connectivity index (χ1) is 16.9. The van der Waals surface area contributed by atoms with Crippen LogP contribution in [0.4, 0.5) is 0 Å². The average molecular weight is 493 g/mol. The normalized spacial score (nSPS) is 17.1. The van der Waals surface area contributed by atoms with Crippen LogP contribution in [0, 0.1) is 6.92 Å². The Hall–Kier alpha value is -3.07. The molecule has 2 amide bonds. The Balaban J connectivity index is 1.47. The van der Waals surface area contributed by atoms with Crippen LogP contribution in [0.25, 0.3) is 0 Å². The van der Waals surface area contributed by atoms with E-state index in [1.807, 2.05) is 42.6 Å². The number of carbonyl (C=O) groups excluding carboxylic acids is 2. The molecule has 1 fully saturated rings. The molecule has 0 saturated carbocycles. The maximum absolute atomic E-state index is 13.2. The van der Waals surface area contributed by atoms with Crippen molar-refractivity contribution in [1.29, 1.82) is 0 Å². The summed E-state index contributed by atoms with van der Waals surface area (Å²) in [6.07, 6.45) is 1.67. The molecule has 184 valence electrons. The van der Waals surface area contributed by atoms with Crippen molar-refractivity contribution in [3.8, 4) is 0 Å². The van der Waals surface area contributed by atoms with Crippen LogP contribution >= 0.6 is 11.3 Å². The Morgan fingerprint density at radius 1 is 1.20 bits per heavy atom. The van der Waals surface area contributed by atoms with Crippen LogP contribution in [0.1, 0.15) is 49.8 Å². The summed E-state index contributed by atoms with van der Waals surface area (Å²) in [5, 5.41) is 20.3. The fourth-order valence-electron chi connectivity index (χ4n) is 4.42. The second kappa shape index (κ2) is 11.6. The Kier molecular flexibility index (Phi) is 8.28. The minimum atomic E-state index is -0.723. The summed E-state index contributed by atoms with van der Waals surface area (Å²) in [6, 6.07) is 16.0. The zero-order valence-electron chi connectivity index (χ0n) is 20.1.